The molecule has 0 bridgehead atoms. The number of nitrogens with one attached hydrogen (secondary N) is 1. The quantitative estimate of drug-likeness (QED) is 0.553. The highest BCUT2D eigenvalue weighted by Gasteiger charge is 2.37. The summed E-state index contributed by atoms with van der Waals surface area (Å²) in [5.41, 5.74) is 2.27. The van der Waals surface area contributed by atoms with Crippen molar-refractivity contribution in [1.29, 1.82) is 0 Å². The Morgan fingerprint density at radius 3 is 2.59 bits per heavy atom. The van der Waals surface area contributed by atoms with E-state index in [4.69, 9.17) is 27.9 Å². The van der Waals surface area contributed by atoms with Crippen LogP contribution in [0.3, 0.4) is 0 Å². The lowest BCUT2D eigenvalue weighted by molar-refractivity contribution is -0.132. The molecule has 2 atom stereocenters. The number of benzene rings is 2. The van der Waals surface area contributed by atoms with Crippen LogP contribution in [0.4, 0.5) is 5.69 Å². The first-order valence-electron chi connectivity index (χ1n) is 10.4. The van der Waals surface area contributed by atoms with E-state index in [-0.39, 0.29) is 11.8 Å². The number of carbonyl (C=O) groups excluding carboxylic acids is 1. The fraction of sp³-hybridized carbons (Fsp3) is 0.348. The summed E-state index contributed by atoms with van der Waals surface area (Å²) in [6.07, 6.45) is -0.774. The molecule has 1 aromatic heterocycles. The van der Waals surface area contributed by atoms with Gasteiger partial charge in [-0.05, 0) is 36.6 Å². The minimum Gasteiger partial charge on any atom is -0.356 e. The van der Waals surface area contributed by atoms with Crippen molar-refractivity contribution in [2.75, 3.05) is 11.4 Å². The van der Waals surface area contributed by atoms with Crippen LogP contribution in [0.15, 0.2) is 51.8 Å². The Balaban J connectivity index is 1.79. The number of aromatic amines is 1. The molecule has 1 aliphatic heterocycles. The second kappa shape index (κ2) is 9.48. The molecule has 1 amide bonds. The number of amides is 1. The third-order valence-corrected chi connectivity index (χ3v) is 5.85. The van der Waals surface area contributed by atoms with Crippen molar-refractivity contribution < 1.29 is 14.1 Å². The average Bonchev–Trinajstić information content (AvgIpc) is 3.13. The summed E-state index contributed by atoms with van der Waals surface area (Å²) in [5, 5.41) is 4.77. The third kappa shape index (κ3) is 4.75. The number of aryl methyl sites for hydroxylation is 1. The molecule has 4 rings (SSSR count). The highest BCUT2D eigenvalue weighted by molar-refractivity contribution is 6.31. The van der Waals surface area contributed by atoms with E-state index >= 15 is 0 Å². The van der Waals surface area contributed by atoms with Crippen molar-refractivity contribution in [3.63, 3.8) is 0 Å². The summed E-state index contributed by atoms with van der Waals surface area (Å²) >= 11 is 12.9. The number of rotatable bonds is 6. The lowest BCUT2D eigenvalue weighted by Gasteiger charge is -2.26. The Labute approximate surface area is 195 Å². The Morgan fingerprint density at radius 2 is 1.91 bits per heavy atom. The first-order chi connectivity index (χ1) is 15.3. The average molecular weight is 476 g/mol. The van der Waals surface area contributed by atoms with Crippen LogP contribution in [0.1, 0.15) is 43.3 Å². The van der Waals surface area contributed by atoms with Gasteiger partial charge < -0.3 is 9.64 Å². The first kappa shape index (κ1) is 22.6. The van der Waals surface area contributed by atoms with E-state index in [1.165, 1.54) is 0 Å². The number of nitrogens with zero attached hydrogens (tertiary/aromatic N) is 2. The first-order valence-corrected chi connectivity index (χ1v) is 11.1. The van der Waals surface area contributed by atoms with Crippen LogP contribution in [0.2, 0.25) is 10.0 Å². The number of fused-ring (bicyclic) bond motifs is 1. The van der Waals surface area contributed by atoms with Crippen LogP contribution in [0.5, 0.6) is 0 Å². The van der Waals surface area contributed by atoms with Gasteiger partial charge in [0.25, 0.3) is 5.91 Å². The monoisotopic (exact) mass is 475 g/mol. The molecule has 0 saturated heterocycles. The van der Waals surface area contributed by atoms with Crippen molar-refractivity contribution in [2.45, 2.75) is 38.9 Å². The Bertz CT molecular complexity index is 1170. The number of ether oxygens (including phenoxy) is 1. The smallest absolute Gasteiger partial charge is 0.356 e. The van der Waals surface area contributed by atoms with E-state index in [9.17, 15) is 9.59 Å². The second-order valence-corrected chi connectivity index (χ2v) is 9.00. The minimum absolute atomic E-state index is 0.164. The molecule has 0 radical (unpaired) electrons. The molecule has 0 aliphatic carbocycles. The molecule has 3 aromatic rings. The Kier molecular flexibility index (Phi) is 6.69. The van der Waals surface area contributed by atoms with Gasteiger partial charge in [-0.25, -0.2) is 4.79 Å². The Morgan fingerprint density at radius 1 is 1.12 bits per heavy atom. The minimum atomic E-state index is -0.790. The molecule has 1 aliphatic rings. The van der Waals surface area contributed by atoms with Gasteiger partial charge >= 0.3 is 5.76 Å². The van der Waals surface area contributed by atoms with Crippen molar-refractivity contribution in [2.24, 2.45) is 5.92 Å². The fourth-order valence-electron chi connectivity index (χ4n) is 3.88. The molecule has 0 spiro atoms. The van der Waals surface area contributed by atoms with Crippen molar-refractivity contribution >= 4 is 34.8 Å². The maximum atomic E-state index is 13.6. The van der Waals surface area contributed by atoms with E-state index < -0.39 is 18.0 Å². The summed E-state index contributed by atoms with van der Waals surface area (Å²) in [6.45, 7) is 4.62. The predicted octanol–water partition coefficient (Wildman–Crippen LogP) is 4.78. The molecule has 2 aromatic carbocycles. The summed E-state index contributed by atoms with van der Waals surface area (Å²) in [4.78, 5) is 29.2. The SMILES string of the molecule is CC(C)CN1C(=O)[C@H](CCc2noc(=O)[nH]2)O[C@@H](c2ccccc2Cl)c2cc(Cl)ccc21. The van der Waals surface area contributed by atoms with Gasteiger partial charge in [0.2, 0.25) is 0 Å². The summed E-state index contributed by atoms with van der Waals surface area (Å²) < 4.78 is 11.0. The molecule has 0 unspecified atom stereocenters. The zero-order chi connectivity index (χ0) is 22.8. The van der Waals surface area contributed by atoms with Gasteiger partial charge in [0.1, 0.15) is 12.2 Å². The number of H-pyrrole nitrogens is 1. The van der Waals surface area contributed by atoms with Gasteiger partial charge in [-0.15, -0.1) is 0 Å². The lowest BCUT2D eigenvalue weighted by Crippen LogP contribution is -2.41. The molecule has 32 heavy (non-hydrogen) atoms. The standard InChI is InChI=1S/C23H23Cl2N3O4/c1-13(2)12-28-18-8-7-14(24)11-16(18)21(15-5-3-4-6-17(15)25)31-19(22(28)29)9-10-20-26-23(30)32-27-20/h3-8,11,13,19,21H,9-10,12H2,1-2H3,(H,26,27,30)/t19-,21-/m0/s1. The molecule has 2 heterocycles. The maximum absolute atomic E-state index is 13.6. The number of anilines is 1. The topological polar surface area (TPSA) is 88.4 Å². The number of hydrogen-bond donors (Lipinski definition) is 1. The van der Waals surface area contributed by atoms with E-state index in [1.54, 1.807) is 17.0 Å². The van der Waals surface area contributed by atoms with Crippen LogP contribution in [0.25, 0.3) is 0 Å². The number of halogens is 2. The van der Waals surface area contributed by atoms with Crippen LogP contribution in [-0.2, 0) is 16.0 Å². The molecule has 9 heteroatoms. The van der Waals surface area contributed by atoms with Crippen LogP contribution in [0, 0.1) is 5.92 Å². The van der Waals surface area contributed by atoms with Gasteiger partial charge in [0.15, 0.2) is 5.82 Å². The van der Waals surface area contributed by atoms with Crippen molar-refractivity contribution in [1.82, 2.24) is 10.1 Å². The van der Waals surface area contributed by atoms with Crippen molar-refractivity contribution in [3.8, 4) is 0 Å². The summed E-state index contributed by atoms with van der Waals surface area (Å²) in [6, 6.07) is 12.8. The van der Waals surface area contributed by atoms with E-state index in [0.29, 0.717) is 35.3 Å². The summed E-state index contributed by atoms with van der Waals surface area (Å²) in [7, 11) is 0. The number of aromatic nitrogens is 2. The largest absolute Gasteiger partial charge is 0.438 e. The van der Waals surface area contributed by atoms with Gasteiger partial charge in [-0.2, -0.15) is 0 Å². The van der Waals surface area contributed by atoms with E-state index in [1.807, 2.05) is 30.3 Å². The highest BCUT2D eigenvalue weighted by atomic mass is 35.5. The lowest BCUT2D eigenvalue weighted by atomic mass is 9.99. The van der Waals surface area contributed by atoms with Gasteiger partial charge in [0.05, 0.1) is 0 Å². The molecule has 0 saturated carbocycles. The van der Waals surface area contributed by atoms with E-state index in [0.717, 1.165) is 16.8 Å². The van der Waals surface area contributed by atoms with Gasteiger partial charge in [0, 0.05) is 39.8 Å². The molecular weight excluding hydrogens is 453 g/mol. The molecule has 168 valence electrons. The molecule has 1 N–H and O–H groups in total. The van der Waals surface area contributed by atoms with Crippen molar-refractivity contribution in [3.05, 3.63) is 80.0 Å². The summed E-state index contributed by atoms with van der Waals surface area (Å²) in [5.74, 6) is -0.207. The molecule has 7 nitrogen and oxygen atoms in total. The zero-order valence-corrected chi connectivity index (χ0v) is 19.2. The van der Waals surface area contributed by atoms with Crippen LogP contribution >= 0.6 is 23.2 Å². The Hall–Kier alpha value is -2.61. The normalized spacial score (nSPS) is 18.7. The number of hydrogen-bond acceptors (Lipinski definition) is 5. The second-order valence-electron chi connectivity index (χ2n) is 8.15. The molecular formula is C23H23Cl2N3O4. The predicted molar refractivity (Wildman–Crippen MR) is 122 cm³/mol. The van der Waals surface area contributed by atoms with Crippen LogP contribution in [-0.4, -0.2) is 28.7 Å². The molecule has 0 fully saturated rings. The fourth-order valence-corrected chi connectivity index (χ4v) is 4.29. The maximum Gasteiger partial charge on any atom is 0.438 e. The van der Waals surface area contributed by atoms with Crippen LogP contribution < -0.4 is 10.7 Å². The number of carbonyl (C=O) groups is 1. The van der Waals surface area contributed by atoms with E-state index in [2.05, 4.69) is 28.5 Å². The highest BCUT2D eigenvalue weighted by Crippen LogP contribution is 2.42. The van der Waals surface area contributed by atoms with Gasteiger partial charge in [-0.3, -0.25) is 14.3 Å². The third-order valence-electron chi connectivity index (χ3n) is 5.27. The van der Waals surface area contributed by atoms with Gasteiger partial charge in [-0.1, -0.05) is 60.4 Å². The zero-order valence-electron chi connectivity index (χ0n) is 17.7.